The smallest absolute Gasteiger partial charge is 0.161 e. The van der Waals surface area contributed by atoms with Crippen molar-refractivity contribution >= 4 is 11.8 Å². The third-order valence-corrected chi connectivity index (χ3v) is 2.83. The van der Waals surface area contributed by atoms with Gasteiger partial charge in [0, 0.05) is 11.4 Å². The Morgan fingerprint density at radius 2 is 1.79 bits per heavy atom. The highest BCUT2D eigenvalue weighted by molar-refractivity contribution is 7.98. The van der Waals surface area contributed by atoms with Crippen molar-refractivity contribution in [2.24, 2.45) is 5.73 Å². The minimum Gasteiger partial charge on any atom is -0.493 e. The van der Waals surface area contributed by atoms with Crippen molar-refractivity contribution in [3.63, 3.8) is 0 Å². The van der Waals surface area contributed by atoms with Crippen LogP contribution in [0.15, 0.2) is 17.0 Å². The Balaban J connectivity index is 3.20. The second kappa shape index (κ2) is 5.12. The van der Waals surface area contributed by atoms with E-state index >= 15 is 0 Å². The molecule has 0 aliphatic rings. The zero-order chi connectivity index (χ0) is 10.6. The maximum atomic E-state index is 5.63. The lowest BCUT2D eigenvalue weighted by atomic mass is 10.2. The van der Waals surface area contributed by atoms with Crippen molar-refractivity contribution in [3.05, 3.63) is 17.7 Å². The van der Waals surface area contributed by atoms with Crippen molar-refractivity contribution in [2.45, 2.75) is 11.4 Å². The molecule has 0 amide bonds. The van der Waals surface area contributed by atoms with Crippen LogP contribution in [0.3, 0.4) is 0 Å². The fraction of sp³-hybridized carbons (Fsp3) is 0.400. The standard InChI is InChI=1S/C10H15NO2S/c1-12-8-4-7(6-11)10(14-3)5-9(8)13-2/h4-5H,6,11H2,1-3H3. The van der Waals surface area contributed by atoms with E-state index in [4.69, 9.17) is 15.2 Å². The molecule has 14 heavy (non-hydrogen) atoms. The number of rotatable bonds is 4. The quantitative estimate of drug-likeness (QED) is 0.776. The largest absolute Gasteiger partial charge is 0.493 e. The van der Waals surface area contributed by atoms with Gasteiger partial charge in [0.1, 0.15) is 0 Å². The van der Waals surface area contributed by atoms with Gasteiger partial charge in [-0.3, -0.25) is 0 Å². The van der Waals surface area contributed by atoms with Gasteiger partial charge in [-0.1, -0.05) is 0 Å². The Labute approximate surface area is 88.6 Å². The molecule has 0 saturated heterocycles. The first-order valence-electron chi connectivity index (χ1n) is 4.25. The molecule has 0 aromatic heterocycles. The topological polar surface area (TPSA) is 44.5 Å². The second-order valence-electron chi connectivity index (χ2n) is 2.72. The van der Waals surface area contributed by atoms with Crippen LogP contribution >= 0.6 is 11.8 Å². The molecule has 1 aromatic rings. The number of hydrogen-bond donors (Lipinski definition) is 1. The summed E-state index contributed by atoms with van der Waals surface area (Å²) in [6.07, 6.45) is 2.01. The molecule has 0 saturated carbocycles. The minimum absolute atomic E-state index is 0.510. The van der Waals surface area contributed by atoms with Gasteiger partial charge < -0.3 is 15.2 Å². The Hall–Kier alpha value is -0.870. The van der Waals surface area contributed by atoms with Gasteiger partial charge in [0.25, 0.3) is 0 Å². The molecule has 2 N–H and O–H groups in total. The molecule has 78 valence electrons. The number of ether oxygens (including phenoxy) is 2. The summed E-state index contributed by atoms with van der Waals surface area (Å²) >= 11 is 1.65. The number of hydrogen-bond acceptors (Lipinski definition) is 4. The summed E-state index contributed by atoms with van der Waals surface area (Å²) in [5.41, 5.74) is 6.71. The SMILES string of the molecule is COc1cc(CN)c(SC)cc1OC. The predicted molar refractivity (Wildman–Crippen MR) is 59.2 cm³/mol. The Morgan fingerprint density at radius 1 is 1.21 bits per heavy atom. The highest BCUT2D eigenvalue weighted by Gasteiger charge is 2.08. The number of nitrogens with two attached hydrogens (primary N) is 1. The Bertz CT molecular complexity index is 257. The van der Waals surface area contributed by atoms with Gasteiger partial charge in [0.2, 0.25) is 0 Å². The molecule has 0 heterocycles. The average molecular weight is 213 g/mol. The third kappa shape index (κ3) is 2.13. The summed E-state index contributed by atoms with van der Waals surface area (Å²) in [6.45, 7) is 0.510. The molecule has 0 spiro atoms. The average Bonchev–Trinajstić information content (AvgIpc) is 2.26. The zero-order valence-electron chi connectivity index (χ0n) is 8.66. The first kappa shape index (κ1) is 11.2. The van der Waals surface area contributed by atoms with E-state index in [0.29, 0.717) is 6.54 Å². The van der Waals surface area contributed by atoms with E-state index in [1.807, 2.05) is 18.4 Å². The summed E-state index contributed by atoms with van der Waals surface area (Å²) in [6, 6.07) is 3.87. The highest BCUT2D eigenvalue weighted by atomic mass is 32.2. The maximum Gasteiger partial charge on any atom is 0.161 e. The van der Waals surface area contributed by atoms with Gasteiger partial charge in [0.15, 0.2) is 11.5 Å². The predicted octanol–water partition coefficient (Wildman–Crippen LogP) is 1.88. The molecule has 0 bridgehead atoms. The Morgan fingerprint density at radius 3 is 2.21 bits per heavy atom. The van der Waals surface area contributed by atoms with Gasteiger partial charge >= 0.3 is 0 Å². The molecular weight excluding hydrogens is 198 g/mol. The van der Waals surface area contributed by atoms with E-state index in [2.05, 4.69) is 0 Å². The van der Waals surface area contributed by atoms with E-state index in [1.165, 1.54) is 0 Å². The zero-order valence-corrected chi connectivity index (χ0v) is 9.48. The Kier molecular flexibility index (Phi) is 4.10. The van der Waals surface area contributed by atoms with Crippen LogP contribution in [0.4, 0.5) is 0 Å². The first-order chi connectivity index (χ1) is 6.76. The summed E-state index contributed by atoms with van der Waals surface area (Å²) in [5, 5.41) is 0. The minimum atomic E-state index is 0.510. The maximum absolute atomic E-state index is 5.63. The van der Waals surface area contributed by atoms with E-state index in [-0.39, 0.29) is 0 Å². The van der Waals surface area contributed by atoms with Crippen LogP contribution < -0.4 is 15.2 Å². The molecule has 1 aromatic carbocycles. The normalized spacial score (nSPS) is 10.0. The molecule has 4 heteroatoms. The van der Waals surface area contributed by atoms with E-state index < -0.39 is 0 Å². The van der Waals surface area contributed by atoms with Gasteiger partial charge in [-0.25, -0.2) is 0 Å². The molecule has 0 aliphatic heterocycles. The van der Waals surface area contributed by atoms with Crippen molar-refractivity contribution in [3.8, 4) is 11.5 Å². The number of benzene rings is 1. The molecule has 1 rings (SSSR count). The monoisotopic (exact) mass is 213 g/mol. The molecule has 0 atom stereocenters. The van der Waals surface area contributed by atoms with Crippen LogP contribution in [0.5, 0.6) is 11.5 Å². The van der Waals surface area contributed by atoms with Crippen molar-refractivity contribution in [1.29, 1.82) is 0 Å². The van der Waals surface area contributed by atoms with Crippen molar-refractivity contribution in [2.75, 3.05) is 20.5 Å². The lowest BCUT2D eigenvalue weighted by Crippen LogP contribution is -2.00. The lowest BCUT2D eigenvalue weighted by Gasteiger charge is -2.12. The van der Waals surface area contributed by atoms with E-state index in [9.17, 15) is 0 Å². The molecule has 0 unspecified atom stereocenters. The van der Waals surface area contributed by atoms with Crippen LogP contribution in [0.1, 0.15) is 5.56 Å². The van der Waals surface area contributed by atoms with Gasteiger partial charge in [-0.15, -0.1) is 11.8 Å². The molecule has 0 radical (unpaired) electrons. The molecule has 0 fully saturated rings. The fourth-order valence-corrected chi connectivity index (χ4v) is 1.88. The number of methoxy groups -OCH3 is 2. The summed E-state index contributed by atoms with van der Waals surface area (Å²) in [4.78, 5) is 1.13. The van der Waals surface area contributed by atoms with E-state index in [0.717, 1.165) is 22.0 Å². The first-order valence-corrected chi connectivity index (χ1v) is 5.48. The second-order valence-corrected chi connectivity index (χ2v) is 3.57. The van der Waals surface area contributed by atoms with Crippen LogP contribution in [-0.4, -0.2) is 20.5 Å². The lowest BCUT2D eigenvalue weighted by molar-refractivity contribution is 0.353. The number of thioether (sulfide) groups is 1. The van der Waals surface area contributed by atoms with Crippen LogP contribution in [0, 0.1) is 0 Å². The van der Waals surface area contributed by atoms with Crippen LogP contribution in [0.25, 0.3) is 0 Å². The molecular formula is C10H15NO2S. The van der Waals surface area contributed by atoms with Crippen molar-refractivity contribution < 1.29 is 9.47 Å². The van der Waals surface area contributed by atoms with Gasteiger partial charge in [0.05, 0.1) is 14.2 Å². The van der Waals surface area contributed by atoms with Gasteiger partial charge in [-0.2, -0.15) is 0 Å². The summed E-state index contributed by atoms with van der Waals surface area (Å²) < 4.78 is 10.4. The van der Waals surface area contributed by atoms with Crippen LogP contribution in [0.2, 0.25) is 0 Å². The fourth-order valence-electron chi connectivity index (χ4n) is 1.25. The molecule has 3 nitrogen and oxygen atoms in total. The van der Waals surface area contributed by atoms with E-state index in [1.54, 1.807) is 26.0 Å². The third-order valence-electron chi connectivity index (χ3n) is 2.01. The molecule has 0 aliphatic carbocycles. The highest BCUT2D eigenvalue weighted by Crippen LogP contribution is 2.34. The summed E-state index contributed by atoms with van der Waals surface area (Å²) in [7, 11) is 3.25. The van der Waals surface area contributed by atoms with Gasteiger partial charge in [-0.05, 0) is 24.0 Å². The summed E-state index contributed by atoms with van der Waals surface area (Å²) in [5.74, 6) is 1.47. The van der Waals surface area contributed by atoms with Crippen molar-refractivity contribution in [1.82, 2.24) is 0 Å². The van der Waals surface area contributed by atoms with Crippen LogP contribution in [-0.2, 0) is 6.54 Å².